The number of carboxylic acids is 1. The van der Waals surface area contributed by atoms with Gasteiger partial charge in [-0.15, -0.1) is 11.3 Å². The van der Waals surface area contributed by atoms with Crippen LogP contribution in [-0.2, 0) is 20.4 Å². The monoisotopic (exact) mass is 355 g/mol. The summed E-state index contributed by atoms with van der Waals surface area (Å²) in [6.45, 7) is 2.20. The molecule has 9 heteroatoms. The summed E-state index contributed by atoms with van der Waals surface area (Å²) in [5, 5.41) is 9.66. The standard InChI is InChI=1S/C14H17N3O4S2/c1-11-2-3-12(22-11)23(20,21)17-7-4-14(5-8-17,13(18)19)16-9-6-15-10-16/h2-3,6,9-10H,4-5,7-8H2,1H3,(H,18,19). The molecule has 1 N–H and O–H groups in total. The SMILES string of the molecule is Cc1ccc(S(=O)(=O)N2CCC(C(=O)O)(n3ccnc3)CC2)s1. The third-order valence-electron chi connectivity index (χ3n) is 4.26. The summed E-state index contributed by atoms with van der Waals surface area (Å²) in [6, 6.07) is 3.37. The summed E-state index contributed by atoms with van der Waals surface area (Å²) in [4.78, 5) is 16.6. The highest BCUT2D eigenvalue weighted by molar-refractivity contribution is 7.91. The maximum absolute atomic E-state index is 12.6. The lowest BCUT2D eigenvalue weighted by Crippen LogP contribution is -2.51. The highest BCUT2D eigenvalue weighted by Crippen LogP contribution is 2.34. The first-order valence-electron chi connectivity index (χ1n) is 7.15. The first kappa shape index (κ1) is 16.2. The van der Waals surface area contributed by atoms with E-state index in [4.69, 9.17) is 0 Å². The van der Waals surface area contributed by atoms with Crippen molar-refractivity contribution >= 4 is 27.3 Å². The van der Waals surface area contributed by atoms with Crippen LogP contribution in [0.25, 0.3) is 0 Å². The molecule has 23 heavy (non-hydrogen) atoms. The van der Waals surface area contributed by atoms with Crippen molar-refractivity contribution in [3.63, 3.8) is 0 Å². The molecule has 2 aromatic rings. The van der Waals surface area contributed by atoms with Crippen LogP contribution in [0.3, 0.4) is 0 Å². The van der Waals surface area contributed by atoms with Crippen molar-refractivity contribution in [3.8, 4) is 0 Å². The Labute approximate surface area is 138 Å². The molecule has 3 heterocycles. The van der Waals surface area contributed by atoms with Crippen LogP contribution in [0.1, 0.15) is 17.7 Å². The van der Waals surface area contributed by atoms with Crippen LogP contribution in [-0.4, -0.2) is 46.4 Å². The highest BCUT2D eigenvalue weighted by atomic mass is 32.2. The smallest absolute Gasteiger partial charge is 0.330 e. The third-order valence-corrected chi connectivity index (χ3v) is 7.62. The number of imidazole rings is 1. The molecule has 2 aromatic heterocycles. The van der Waals surface area contributed by atoms with E-state index >= 15 is 0 Å². The normalized spacial score (nSPS) is 18.8. The van der Waals surface area contributed by atoms with Crippen molar-refractivity contribution in [2.45, 2.75) is 29.5 Å². The molecule has 1 saturated heterocycles. The van der Waals surface area contributed by atoms with Gasteiger partial charge in [0.1, 0.15) is 9.75 Å². The second-order valence-corrected chi connectivity index (χ2v) is 9.03. The minimum absolute atomic E-state index is 0.170. The van der Waals surface area contributed by atoms with E-state index in [9.17, 15) is 18.3 Å². The molecule has 3 rings (SSSR count). The predicted octanol–water partition coefficient (Wildman–Crippen LogP) is 1.52. The molecular weight excluding hydrogens is 338 g/mol. The Kier molecular flexibility index (Phi) is 4.03. The topological polar surface area (TPSA) is 92.5 Å². The summed E-state index contributed by atoms with van der Waals surface area (Å²) in [5.74, 6) is -0.959. The van der Waals surface area contributed by atoms with Crippen molar-refractivity contribution < 1.29 is 18.3 Å². The summed E-state index contributed by atoms with van der Waals surface area (Å²) < 4.78 is 28.5. The molecule has 1 fully saturated rings. The molecule has 0 spiro atoms. The molecule has 1 aliphatic rings. The molecule has 1 aliphatic heterocycles. The largest absolute Gasteiger partial charge is 0.479 e. The van der Waals surface area contributed by atoms with Crippen LogP contribution in [0, 0.1) is 6.92 Å². The Balaban J connectivity index is 1.84. The lowest BCUT2D eigenvalue weighted by molar-refractivity contribution is -0.149. The van der Waals surface area contributed by atoms with Crippen molar-refractivity contribution in [2.24, 2.45) is 0 Å². The van der Waals surface area contributed by atoms with E-state index in [-0.39, 0.29) is 25.9 Å². The zero-order valence-corrected chi connectivity index (χ0v) is 14.2. The summed E-state index contributed by atoms with van der Waals surface area (Å²) >= 11 is 1.23. The van der Waals surface area contributed by atoms with Gasteiger partial charge in [0.15, 0.2) is 0 Å². The van der Waals surface area contributed by atoms with Gasteiger partial charge in [-0.25, -0.2) is 18.2 Å². The molecule has 0 atom stereocenters. The second kappa shape index (κ2) is 5.73. The van der Waals surface area contributed by atoms with Crippen LogP contribution in [0.5, 0.6) is 0 Å². The number of aryl methyl sites for hydroxylation is 1. The third kappa shape index (κ3) is 2.68. The first-order valence-corrected chi connectivity index (χ1v) is 9.40. The zero-order valence-electron chi connectivity index (χ0n) is 12.5. The van der Waals surface area contributed by atoms with Gasteiger partial charge in [-0.1, -0.05) is 0 Å². The second-order valence-electron chi connectivity index (χ2n) is 5.58. The predicted molar refractivity (Wildman–Crippen MR) is 84.9 cm³/mol. The van der Waals surface area contributed by atoms with E-state index in [1.54, 1.807) is 22.9 Å². The van der Waals surface area contributed by atoms with Crippen molar-refractivity contribution in [2.75, 3.05) is 13.1 Å². The molecule has 0 aromatic carbocycles. The van der Waals surface area contributed by atoms with Gasteiger partial charge in [0, 0.05) is 30.4 Å². The van der Waals surface area contributed by atoms with Gasteiger partial charge >= 0.3 is 5.97 Å². The first-order chi connectivity index (χ1) is 10.9. The molecule has 124 valence electrons. The van der Waals surface area contributed by atoms with E-state index in [2.05, 4.69) is 4.98 Å². The Hall–Kier alpha value is -1.71. The number of piperidine rings is 1. The quantitative estimate of drug-likeness (QED) is 0.897. The average molecular weight is 355 g/mol. The van der Waals surface area contributed by atoms with Crippen LogP contribution < -0.4 is 0 Å². The lowest BCUT2D eigenvalue weighted by Gasteiger charge is -2.38. The van der Waals surface area contributed by atoms with Gasteiger partial charge in [0.05, 0.1) is 6.33 Å². The lowest BCUT2D eigenvalue weighted by atomic mass is 9.88. The summed E-state index contributed by atoms with van der Waals surface area (Å²) in [7, 11) is -3.55. The number of hydrogen-bond donors (Lipinski definition) is 1. The molecule has 0 radical (unpaired) electrons. The maximum Gasteiger partial charge on any atom is 0.330 e. The number of carbonyl (C=O) groups is 1. The molecule has 0 aliphatic carbocycles. The van der Waals surface area contributed by atoms with Crippen molar-refractivity contribution in [1.82, 2.24) is 13.9 Å². The molecule has 0 amide bonds. The van der Waals surface area contributed by atoms with Crippen LogP contribution in [0.2, 0.25) is 0 Å². The van der Waals surface area contributed by atoms with Gasteiger partial charge in [-0.05, 0) is 31.9 Å². The van der Waals surface area contributed by atoms with E-state index in [1.165, 1.54) is 28.2 Å². The molecule has 0 saturated carbocycles. The number of aromatic nitrogens is 2. The number of sulfonamides is 1. The van der Waals surface area contributed by atoms with Gasteiger partial charge < -0.3 is 9.67 Å². The van der Waals surface area contributed by atoms with Crippen LogP contribution in [0.15, 0.2) is 35.1 Å². The average Bonchev–Trinajstić information content (AvgIpc) is 3.18. The van der Waals surface area contributed by atoms with Gasteiger partial charge in [0.25, 0.3) is 10.0 Å². The molecule has 0 unspecified atom stereocenters. The fourth-order valence-corrected chi connectivity index (χ4v) is 5.75. The summed E-state index contributed by atoms with van der Waals surface area (Å²) in [6.07, 6.45) is 5.04. The fraction of sp³-hybridized carbons (Fsp3) is 0.429. The molecule has 0 bridgehead atoms. The fourth-order valence-electron chi connectivity index (χ4n) is 2.87. The van der Waals surface area contributed by atoms with Crippen molar-refractivity contribution in [3.05, 3.63) is 35.7 Å². The van der Waals surface area contributed by atoms with Crippen LogP contribution >= 0.6 is 11.3 Å². The number of carboxylic acid groups (broad SMARTS) is 1. The number of nitrogens with zero attached hydrogens (tertiary/aromatic N) is 3. The Morgan fingerprint density at radius 3 is 2.52 bits per heavy atom. The van der Waals surface area contributed by atoms with E-state index < -0.39 is 21.5 Å². The Morgan fingerprint density at radius 2 is 2.04 bits per heavy atom. The van der Waals surface area contributed by atoms with Crippen LogP contribution in [0.4, 0.5) is 0 Å². The van der Waals surface area contributed by atoms with E-state index in [0.717, 1.165) is 4.88 Å². The number of thiophene rings is 1. The van der Waals surface area contributed by atoms with Gasteiger partial charge in [0.2, 0.25) is 0 Å². The number of aliphatic carboxylic acids is 1. The number of hydrogen-bond acceptors (Lipinski definition) is 5. The Bertz CT molecular complexity index is 803. The highest BCUT2D eigenvalue weighted by Gasteiger charge is 2.45. The Morgan fingerprint density at radius 1 is 1.35 bits per heavy atom. The van der Waals surface area contributed by atoms with E-state index in [1.807, 2.05) is 6.92 Å². The van der Waals surface area contributed by atoms with Crippen molar-refractivity contribution in [1.29, 1.82) is 0 Å². The minimum Gasteiger partial charge on any atom is -0.479 e. The summed E-state index contributed by atoms with van der Waals surface area (Å²) in [5.41, 5.74) is -1.13. The van der Waals surface area contributed by atoms with Gasteiger partial charge in [-0.3, -0.25) is 0 Å². The molecule has 7 nitrogen and oxygen atoms in total. The van der Waals surface area contributed by atoms with E-state index in [0.29, 0.717) is 4.21 Å². The maximum atomic E-state index is 12.6. The minimum atomic E-state index is -3.55. The number of rotatable bonds is 4. The molecular formula is C14H17N3O4S2. The zero-order chi connectivity index (χ0) is 16.7. The van der Waals surface area contributed by atoms with Gasteiger partial charge in [-0.2, -0.15) is 4.31 Å².